The molecule has 0 spiro atoms. The van der Waals surface area contributed by atoms with Crippen molar-refractivity contribution in [3.8, 4) is 0 Å². The number of thiol groups is 1. The maximum absolute atomic E-state index is 10.9. The minimum Gasteiger partial charge on any atom is -0.389 e. The first kappa shape index (κ1) is 11.6. The molecule has 1 aromatic rings. The number of hydrogen-bond acceptors (Lipinski definition) is 4. The van der Waals surface area contributed by atoms with Crippen molar-refractivity contribution in [3.05, 3.63) is 33.2 Å². The Labute approximate surface area is 91.0 Å². The number of aromatic nitrogens is 1. The molecule has 0 aliphatic carbocycles. The summed E-state index contributed by atoms with van der Waals surface area (Å²) >= 11 is 9.39. The standard InChI is InChI=1S/C8H10ClNO3S/c9-5-1-4(2-10-8(5)13)7(12)6(11)3-14/h1-2,6-7,11-12,14H,3H2,(H,10,13). The minimum absolute atomic E-state index is 0.0204. The Kier molecular flexibility index (Phi) is 4.00. The molecule has 0 aliphatic rings. The van der Waals surface area contributed by atoms with Crippen molar-refractivity contribution in [2.24, 2.45) is 0 Å². The van der Waals surface area contributed by atoms with E-state index in [2.05, 4.69) is 17.6 Å². The summed E-state index contributed by atoms with van der Waals surface area (Å²) in [6.07, 6.45) is -0.770. The molecule has 0 amide bonds. The molecule has 6 heteroatoms. The predicted octanol–water partition coefficient (Wildman–Crippen LogP) is 0.352. The van der Waals surface area contributed by atoms with E-state index in [9.17, 15) is 15.0 Å². The summed E-state index contributed by atoms with van der Waals surface area (Å²) < 4.78 is 0. The molecule has 78 valence electrons. The van der Waals surface area contributed by atoms with Crippen LogP contribution in [0, 0.1) is 0 Å². The second-order valence-corrected chi connectivity index (χ2v) is 3.58. The van der Waals surface area contributed by atoms with E-state index < -0.39 is 17.8 Å². The lowest BCUT2D eigenvalue weighted by Gasteiger charge is -2.15. The highest BCUT2D eigenvalue weighted by atomic mass is 35.5. The van der Waals surface area contributed by atoms with Gasteiger partial charge in [-0.25, -0.2) is 0 Å². The summed E-state index contributed by atoms with van der Waals surface area (Å²) in [6, 6.07) is 1.32. The molecule has 0 saturated heterocycles. The van der Waals surface area contributed by atoms with Gasteiger partial charge < -0.3 is 15.2 Å². The summed E-state index contributed by atoms with van der Waals surface area (Å²) in [4.78, 5) is 13.2. The number of rotatable bonds is 3. The highest BCUT2D eigenvalue weighted by molar-refractivity contribution is 7.80. The fourth-order valence-electron chi connectivity index (χ4n) is 0.964. The number of pyridine rings is 1. The van der Waals surface area contributed by atoms with E-state index in [4.69, 9.17) is 11.6 Å². The zero-order valence-corrected chi connectivity index (χ0v) is 8.79. The summed E-state index contributed by atoms with van der Waals surface area (Å²) in [6.45, 7) is 0. The third kappa shape index (κ3) is 2.51. The van der Waals surface area contributed by atoms with E-state index >= 15 is 0 Å². The van der Waals surface area contributed by atoms with Gasteiger partial charge in [-0.05, 0) is 6.07 Å². The van der Waals surface area contributed by atoms with Crippen LogP contribution in [0.3, 0.4) is 0 Å². The van der Waals surface area contributed by atoms with Gasteiger partial charge in [-0.3, -0.25) is 4.79 Å². The Morgan fingerprint density at radius 2 is 2.21 bits per heavy atom. The zero-order chi connectivity index (χ0) is 10.7. The van der Waals surface area contributed by atoms with E-state index in [1.807, 2.05) is 0 Å². The molecule has 0 radical (unpaired) electrons. The predicted molar refractivity (Wildman–Crippen MR) is 56.9 cm³/mol. The van der Waals surface area contributed by atoms with Crippen LogP contribution in [0.4, 0.5) is 0 Å². The minimum atomic E-state index is -1.10. The second kappa shape index (κ2) is 4.84. The van der Waals surface area contributed by atoms with E-state index in [1.54, 1.807) is 0 Å². The fraction of sp³-hybridized carbons (Fsp3) is 0.375. The third-order valence-corrected chi connectivity index (χ3v) is 2.43. The number of halogens is 1. The molecule has 1 aromatic heterocycles. The third-order valence-electron chi connectivity index (χ3n) is 1.77. The van der Waals surface area contributed by atoms with Crippen LogP contribution in [0.5, 0.6) is 0 Å². The van der Waals surface area contributed by atoms with Crippen molar-refractivity contribution in [1.29, 1.82) is 0 Å². The van der Waals surface area contributed by atoms with Crippen molar-refractivity contribution in [3.63, 3.8) is 0 Å². The van der Waals surface area contributed by atoms with Crippen LogP contribution in [0.1, 0.15) is 11.7 Å². The molecular weight excluding hydrogens is 226 g/mol. The summed E-state index contributed by atoms with van der Waals surface area (Å²) in [7, 11) is 0. The zero-order valence-electron chi connectivity index (χ0n) is 7.14. The first-order chi connectivity index (χ1) is 6.56. The number of hydrogen-bond donors (Lipinski definition) is 4. The van der Waals surface area contributed by atoms with Crippen LogP contribution in [0.25, 0.3) is 0 Å². The molecule has 14 heavy (non-hydrogen) atoms. The fourth-order valence-corrected chi connectivity index (χ4v) is 1.34. The lowest BCUT2D eigenvalue weighted by Crippen LogP contribution is -2.21. The molecule has 0 aliphatic heterocycles. The van der Waals surface area contributed by atoms with E-state index in [0.29, 0.717) is 5.56 Å². The maximum atomic E-state index is 10.9. The first-order valence-corrected chi connectivity index (χ1v) is 4.92. The lowest BCUT2D eigenvalue weighted by molar-refractivity contribution is 0.0335. The second-order valence-electron chi connectivity index (χ2n) is 2.80. The van der Waals surface area contributed by atoms with Crippen LogP contribution >= 0.6 is 24.2 Å². The molecule has 0 saturated carbocycles. The van der Waals surface area contributed by atoms with Gasteiger partial charge >= 0.3 is 0 Å². The average molecular weight is 236 g/mol. The molecule has 0 bridgehead atoms. The van der Waals surface area contributed by atoms with Gasteiger partial charge in [-0.2, -0.15) is 12.6 Å². The Morgan fingerprint density at radius 1 is 1.57 bits per heavy atom. The summed E-state index contributed by atoms with van der Waals surface area (Å²) in [5.41, 5.74) is -0.0703. The Hall–Kier alpha value is -0.490. The van der Waals surface area contributed by atoms with E-state index in [1.165, 1.54) is 12.3 Å². The molecule has 1 heterocycles. The molecule has 2 atom stereocenters. The van der Waals surface area contributed by atoms with Gasteiger partial charge in [-0.1, -0.05) is 11.6 Å². The average Bonchev–Trinajstić information content (AvgIpc) is 2.20. The first-order valence-electron chi connectivity index (χ1n) is 3.91. The molecule has 2 unspecified atom stereocenters. The van der Waals surface area contributed by atoms with Crippen molar-refractivity contribution in [2.45, 2.75) is 12.2 Å². The van der Waals surface area contributed by atoms with E-state index in [0.717, 1.165) is 0 Å². The quantitative estimate of drug-likeness (QED) is 0.572. The van der Waals surface area contributed by atoms with Gasteiger partial charge in [0.2, 0.25) is 0 Å². The smallest absolute Gasteiger partial charge is 0.266 e. The molecule has 3 N–H and O–H groups in total. The number of H-pyrrole nitrogens is 1. The summed E-state index contributed by atoms with van der Waals surface area (Å²) in [5.74, 6) is 0.123. The largest absolute Gasteiger partial charge is 0.389 e. The number of aliphatic hydroxyl groups is 2. The van der Waals surface area contributed by atoms with Gasteiger partial charge in [-0.15, -0.1) is 0 Å². The number of nitrogens with one attached hydrogen (secondary N) is 1. The Bertz CT molecular complexity index is 368. The van der Waals surface area contributed by atoms with Crippen LogP contribution in [0.15, 0.2) is 17.1 Å². The van der Waals surface area contributed by atoms with Crippen molar-refractivity contribution < 1.29 is 10.2 Å². The van der Waals surface area contributed by atoms with Gasteiger partial charge in [0.05, 0.1) is 6.10 Å². The van der Waals surface area contributed by atoms with Gasteiger partial charge in [0.15, 0.2) is 0 Å². The molecule has 0 aromatic carbocycles. The normalized spacial score (nSPS) is 15.1. The number of aliphatic hydroxyl groups excluding tert-OH is 2. The van der Waals surface area contributed by atoms with Crippen LogP contribution in [0.2, 0.25) is 5.02 Å². The van der Waals surface area contributed by atoms with Crippen molar-refractivity contribution in [2.75, 3.05) is 5.75 Å². The van der Waals surface area contributed by atoms with Gasteiger partial charge in [0, 0.05) is 17.5 Å². The van der Waals surface area contributed by atoms with Crippen molar-refractivity contribution in [1.82, 2.24) is 4.98 Å². The topological polar surface area (TPSA) is 73.3 Å². The van der Waals surface area contributed by atoms with Crippen LogP contribution < -0.4 is 5.56 Å². The van der Waals surface area contributed by atoms with Crippen LogP contribution in [-0.4, -0.2) is 27.1 Å². The number of aromatic amines is 1. The SMILES string of the molecule is O=c1[nH]cc(C(O)C(O)CS)cc1Cl. The van der Waals surface area contributed by atoms with Crippen LogP contribution in [-0.2, 0) is 0 Å². The molecule has 1 rings (SSSR count). The highest BCUT2D eigenvalue weighted by Crippen LogP contribution is 2.17. The maximum Gasteiger partial charge on any atom is 0.266 e. The monoisotopic (exact) mass is 235 g/mol. The Balaban J connectivity index is 2.96. The summed E-state index contributed by atoms with van der Waals surface area (Å²) in [5, 5.41) is 18.8. The van der Waals surface area contributed by atoms with Gasteiger partial charge in [0.25, 0.3) is 5.56 Å². The van der Waals surface area contributed by atoms with E-state index in [-0.39, 0.29) is 10.8 Å². The lowest BCUT2D eigenvalue weighted by atomic mass is 10.1. The molecule has 0 fully saturated rings. The van der Waals surface area contributed by atoms with Gasteiger partial charge in [0.1, 0.15) is 11.1 Å². The molecular formula is C8H10ClNO3S. The highest BCUT2D eigenvalue weighted by Gasteiger charge is 2.17. The Morgan fingerprint density at radius 3 is 2.71 bits per heavy atom. The molecule has 4 nitrogen and oxygen atoms in total. The van der Waals surface area contributed by atoms with Crippen molar-refractivity contribution >= 4 is 24.2 Å².